The third-order valence-corrected chi connectivity index (χ3v) is 10.1. The monoisotopic (exact) mass is 616 g/mol. The Hall–Kier alpha value is -1.95. The number of rotatable bonds is 25. The summed E-state index contributed by atoms with van der Waals surface area (Å²) in [6, 6.07) is 0. The number of carbonyl (C=O) groups is 3. The molecule has 0 saturated carbocycles. The quantitative estimate of drug-likeness (QED) is 0.0601. The third kappa shape index (κ3) is 11.1. The number of unbranched alkanes of at least 4 members (excludes halogenated alkanes) is 19. The Labute approximate surface area is 268 Å². The standard InChI is InChI=1S/C38H64O6/c1-5-7-9-11-13-15-17-18-20-22-24-26-28-38-31(27-25-23-21-19-16-14-12-10-8-6-2)29-32(35(40)41)33(30(3)39)34(38)37(4,43)44-36(38)42/h26,28-29,31,33-34,43H,5-25,27H2,1-4H3,(H,40,41)/b28-26+/t31-,33+,34+,37?,38+/m1/s1. The van der Waals surface area contributed by atoms with E-state index < -0.39 is 40.9 Å². The van der Waals surface area contributed by atoms with Crippen molar-refractivity contribution in [2.24, 2.45) is 23.2 Å². The van der Waals surface area contributed by atoms with Crippen molar-refractivity contribution in [3.05, 3.63) is 23.8 Å². The first-order valence-corrected chi connectivity index (χ1v) is 18.2. The summed E-state index contributed by atoms with van der Waals surface area (Å²) >= 11 is 0. The van der Waals surface area contributed by atoms with Crippen molar-refractivity contribution in [3.63, 3.8) is 0 Å². The molecular weight excluding hydrogens is 552 g/mol. The molecule has 44 heavy (non-hydrogen) atoms. The van der Waals surface area contributed by atoms with Gasteiger partial charge in [-0.15, -0.1) is 0 Å². The van der Waals surface area contributed by atoms with Gasteiger partial charge in [0.05, 0.1) is 11.8 Å². The maximum Gasteiger partial charge on any atom is 0.332 e. The number of carboxylic acid groups (broad SMARTS) is 1. The van der Waals surface area contributed by atoms with Gasteiger partial charge in [-0.05, 0) is 32.1 Å². The summed E-state index contributed by atoms with van der Waals surface area (Å²) in [5.74, 6) is -6.55. The SMILES string of the molecule is CCCCCCCCCCCC/C=C/[C@@]12C(=O)OC(C)(O)[C@@H]1[C@@H](C(C)=O)C(C(=O)O)=C[C@H]2CCCCCCCCCCCC. The van der Waals surface area contributed by atoms with Crippen LogP contribution in [0.2, 0.25) is 0 Å². The second kappa shape index (κ2) is 20.2. The number of hydrogen-bond acceptors (Lipinski definition) is 5. The van der Waals surface area contributed by atoms with Gasteiger partial charge in [-0.3, -0.25) is 9.59 Å². The van der Waals surface area contributed by atoms with Crippen molar-refractivity contribution in [2.45, 2.75) is 175 Å². The number of aliphatic carboxylic acids is 1. The Kier molecular flexibility index (Phi) is 17.6. The number of aliphatic hydroxyl groups is 1. The summed E-state index contributed by atoms with van der Waals surface area (Å²) in [5, 5.41) is 21.5. The van der Waals surface area contributed by atoms with Crippen molar-refractivity contribution >= 4 is 17.7 Å². The van der Waals surface area contributed by atoms with E-state index in [0.29, 0.717) is 6.42 Å². The fourth-order valence-corrected chi connectivity index (χ4v) is 7.67. The molecule has 1 aliphatic heterocycles. The van der Waals surface area contributed by atoms with Crippen LogP contribution in [-0.2, 0) is 19.1 Å². The van der Waals surface area contributed by atoms with Gasteiger partial charge in [0, 0.05) is 12.5 Å². The van der Waals surface area contributed by atoms with E-state index in [1.54, 1.807) is 6.08 Å². The van der Waals surface area contributed by atoms with Crippen LogP contribution in [0.3, 0.4) is 0 Å². The largest absolute Gasteiger partial charge is 0.478 e. The predicted octanol–water partition coefficient (Wildman–Crippen LogP) is 9.88. The van der Waals surface area contributed by atoms with Crippen LogP contribution in [0.25, 0.3) is 0 Å². The Morgan fingerprint density at radius 1 is 0.795 bits per heavy atom. The van der Waals surface area contributed by atoms with Gasteiger partial charge >= 0.3 is 11.9 Å². The van der Waals surface area contributed by atoms with Crippen LogP contribution in [0.4, 0.5) is 0 Å². The van der Waals surface area contributed by atoms with Gasteiger partial charge in [-0.25, -0.2) is 4.79 Å². The number of hydrogen-bond donors (Lipinski definition) is 2. The number of Topliss-reactive ketones (excluding diaryl/α,β-unsaturated/α-hetero) is 1. The minimum atomic E-state index is -1.93. The van der Waals surface area contributed by atoms with Crippen molar-refractivity contribution < 1.29 is 29.3 Å². The zero-order valence-electron chi connectivity index (χ0n) is 28.5. The van der Waals surface area contributed by atoms with Gasteiger partial charge in [0.25, 0.3) is 0 Å². The number of cyclic esters (lactones) is 1. The van der Waals surface area contributed by atoms with Gasteiger partial charge in [0.2, 0.25) is 5.79 Å². The molecule has 0 spiro atoms. The molecule has 6 heteroatoms. The van der Waals surface area contributed by atoms with E-state index in [1.807, 2.05) is 12.2 Å². The average Bonchev–Trinajstić information content (AvgIpc) is 3.18. The number of ether oxygens (including phenoxy) is 1. The summed E-state index contributed by atoms with van der Waals surface area (Å²) in [6.07, 6.45) is 31.3. The molecule has 0 aromatic carbocycles. The first-order valence-electron chi connectivity index (χ1n) is 18.2. The van der Waals surface area contributed by atoms with Crippen LogP contribution in [-0.4, -0.2) is 33.7 Å². The van der Waals surface area contributed by atoms with E-state index in [1.165, 1.54) is 110 Å². The molecule has 1 unspecified atom stereocenters. The molecule has 252 valence electrons. The van der Waals surface area contributed by atoms with E-state index >= 15 is 0 Å². The summed E-state index contributed by atoms with van der Waals surface area (Å²) in [7, 11) is 0. The highest BCUT2D eigenvalue weighted by atomic mass is 16.7. The molecule has 1 fully saturated rings. The molecule has 1 heterocycles. The van der Waals surface area contributed by atoms with Crippen molar-refractivity contribution in [3.8, 4) is 0 Å². The molecule has 0 aromatic rings. The van der Waals surface area contributed by atoms with Crippen molar-refractivity contribution in [2.75, 3.05) is 0 Å². The lowest BCUT2D eigenvalue weighted by Crippen LogP contribution is -2.52. The Morgan fingerprint density at radius 3 is 1.70 bits per heavy atom. The number of esters is 1. The van der Waals surface area contributed by atoms with Gasteiger partial charge < -0.3 is 14.9 Å². The predicted molar refractivity (Wildman–Crippen MR) is 178 cm³/mol. The molecule has 2 aliphatic rings. The van der Waals surface area contributed by atoms with Gasteiger partial charge in [0.1, 0.15) is 11.2 Å². The molecule has 2 N–H and O–H groups in total. The minimum absolute atomic E-state index is 0.0168. The highest BCUT2D eigenvalue weighted by molar-refractivity contribution is 5.99. The lowest BCUT2D eigenvalue weighted by atomic mass is 9.54. The summed E-state index contributed by atoms with van der Waals surface area (Å²) in [5.41, 5.74) is -1.27. The average molecular weight is 617 g/mol. The lowest BCUT2D eigenvalue weighted by Gasteiger charge is -2.44. The zero-order valence-corrected chi connectivity index (χ0v) is 28.5. The maximum absolute atomic E-state index is 13.7. The van der Waals surface area contributed by atoms with E-state index in [2.05, 4.69) is 13.8 Å². The van der Waals surface area contributed by atoms with Crippen molar-refractivity contribution in [1.29, 1.82) is 0 Å². The number of carboxylic acids is 1. The lowest BCUT2D eigenvalue weighted by molar-refractivity contribution is -0.197. The summed E-state index contributed by atoms with van der Waals surface area (Å²) in [4.78, 5) is 39.0. The highest BCUT2D eigenvalue weighted by Gasteiger charge is 2.69. The summed E-state index contributed by atoms with van der Waals surface area (Å²) < 4.78 is 5.58. The van der Waals surface area contributed by atoms with Crippen LogP contribution in [0.15, 0.2) is 23.8 Å². The third-order valence-electron chi connectivity index (χ3n) is 10.1. The molecular formula is C38H64O6. The highest BCUT2D eigenvalue weighted by Crippen LogP contribution is 2.60. The molecule has 0 radical (unpaired) electrons. The van der Waals surface area contributed by atoms with E-state index in [9.17, 15) is 24.6 Å². The Balaban J connectivity index is 2.08. The van der Waals surface area contributed by atoms with Gasteiger partial charge in [0.15, 0.2) is 0 Å². The van der Waals surface area contributed by atoms with E-state index in [-0.39, 0.29) is 11.4 Å². The number of fused-ring (bicyclic) bond motifs is 1. The molecule has 1 aliphatic carbocycles. The fourth-order valence-electron chi connectivity index (χ4n) is 7.67. The van der Waals surface area contributed by atoms with Crippen LogP contribution < -0.4 is 0 Å². The fraction of sp³-hybridized carbons (Fsp3) is 0.816. The van der Waals surface area contributed by atoms with Gasteiger partial charge in [-0.1, -0.05) is 154 Å². The van der Waals surface area contributed by atoms with Crippen LogP contribution >= 0.6 is 0 Å². The topological polar surface area (TPSA) is 101 Å². The number of carbonyl (C=O) groups excluding carboxylic acids is 2. The molecule has 2 rings (SSSR count). The molecule has 5 atom stereocenters. The zero-order chi connectivity index (χ0) is 32.4. The van der Waals surface area contributed by atoms with E-state index in [0.717, 1.165) is 38.5 Å². The van der Waals surface area contributed by atoms with E-state index in [4.69, 9.17) is 4.74 Å². The Morgan fingerprint density at radius 2 is 1.25 bits per heavy atom. The summed E-state index contributed by atoms with van der Waals surface area (Å²) in [6.45, 7) is 7.23. The first-order chi connectivity index (χ1) is 21.1. The second-order valence-corrected chi connectivity index (χ2v) is 13.8. The van der Waals surface area contributed by atoms with Crippen LogP contribution in [0.5, 0.6) is 0 Å². The normalized spacial score (nSPS) is 26.5. The van der Waals surface area contributed by atoms with Crippen LogP contribution in [0, 0.1) is 23.2 Å². The maximum atomic E-state index is 13.7. The molecule has 6 nitrogen and oxygen atoms in total. The van der Waals surface area contributed by atoms with Gasteiger partial charge in [-0.2, -0.15) is 0 Å². The second-order valence-electron chi connectivity index (χ2n) is 13.8. The number of allylic oxidation sites excluding steroid dienone is 2. The first kappa shape index (κ1) is 38.2. The molecule has 0 amide bonds. The molecule has 0 bridgehead atoms. The smallest absolute Gasteiger partial charge is 0.332 e. The van der Waals surface area contributed by atoms with Crippen LogP contribution in [0.1, 0.15) is 169 Å². The molecule has 1 saturated heterocycles. The molecule has 0 aromatic heterocycles. The van der Waals surface area contributed by atoms with Crippen molar-refractivity contribution in [1.82, 2.24) is 0 Å². The minimum Gasteiger partial charge on any atom is -0.478 e. The Bertz CT molecular complexity index is 934. The number of ketones is 1.